The maximum Gasteiger partial charge on any atom is 0.312 e. The molecule has 1 saturated heterocycles. The Labute approximate surface area is 201 Å². The zero-order chi connectivity index (χ0) is 23.8. The van der Waals surface area contributed by atoms with Gasteiger partial charge in [-0.3, -0.25) is 4.79 Å². The number of aliphatic hydroxyl groups is 1. The van der Waals surface area contributed by atoms with Crippen molar-refractivity contribution in [3.05, 3.63) is 0 Å². The molecule has 0 aromatic carbocycles. The predicted molar refractivity (Wildman–Crippen MR) is 130 cm³/mol. The summed E-state index contributed by atoms with van der Waals surface area (Å²) in [6.07, 6.45) is 11.6. The predicted octanol–water partition coefficient (Wildman–Crippen LogP) is 6.76. The van der Waals surface area contributed by atoms with Crippen molar-refractivity contribution in [2.75, 3.05) is 0 Å². The highest BCUT2D eigenvalue weighted by Crippen LogP contribution is 2.78. The van der Waals surface area contributed by atoms with Crippen molar-refractivity contribution < 1.29 is 14.6 Å². The fourth-order valence-electron chi connectivity index (χ4n) is 11.8. The van der Waals surface area contributed by atoms with Crippen LogP contribution < -0.4 is 0 Å². The van der Waals surface area contributed by atoms with Crippen molar-refractivity contribution in [3.63, 3.8) is 0 Å². The average Bonchev–Trinajstić information content (AvgIpc) is 2.99. The van der Waals surface area contributed by atoms with Crippen LogP contribution in [0.2, 0.25) is 0 Å². The number of hydrogen-bond acceptors (Lipinski definition) is 3. The molecule has 0 radical (unpaired) electrons. The van der Waals surface area contributed by atoms with Crippen LogP contribution in [0, 0.1) is 56.2 Å². The van der Waals surface area contributed by atoms with Gasteiger partial charge in [0.2, 0.25) is 0 Å². The lowest BCUT2D eigenvalue weighted by atomic mass is 9.31. The Hall–Kier alpha value is -0.570. The van der Waals surface area contributed by atoms with Crippen molar-refractivity contribution >= 4 is 5.97 Å². The van der Waals surface area contributed by atoms with Gasteiger partial charge in [0.1, 0.15) is 6.10 Å². The van der Waals surface area contributed by atoms with E-state index in [0.717, 1.165) is 31.6 Å². The first-order chi connectivity index (χ1) is 15.2. The highest BCUT2D eigenvalue weighted by Gasteiger charge is 2.75. The number of rotatable bonds is 0. The summed E-state index contributed by atoms with van der Waals surface area (Å²) >= 11 is 0. The quantitative estimate of drug-likeness (QED) is 0.409. The van der Waals surface area contributed by atoms with Crippen molar-refractivity contribution in [1.29, 1.82) is 0 Å². The van der Waals surface area contributed by atoms with E-state index in [1.54, 1.807) is 0 Å². The molecule has 3 heteroatoms. The summed E-state index contributed by atoms with van der Waals surface area (Å²) in [5, 5.41) is 10.9. The topological polar surface area (TPSA) is 46.5 Å². The second-order valence-corrected chi connectivity index (χ2v) is 15.5. The van der Waals surface area contributed by atoms with Crippen LogP contribution >= 0.6 is 0 Å². The highest BCUT2D eigenvalue weighted by molar-refractivity contribution is 5.81. The van der Waals surface area contributed by atoms with E-state index in [4.69, 9.17) is 4.74 Å². The number of fused-ring (bicyclic) bond motifs is 5. The molecule has 5 aliphatic carbocycles. The van der Waals surface area contributed by atoms with Gasteiger partial charge >= 0.3 is 5.97 Å². The Bertz CT molecular complexity index is 876. The van der Waals surface area contributed by atoms with Crippen LogP contribution in [0.3, 0.4) is 0 Å². The van der Waals surface area contributed by atoms with E-state index in [0.29, 0.717) is 28.6 Å². The van der Waals surface area contributed by atoms with Crippen LogP contribution in [0.15, 0.2) is 0 Å². The van der Waals surface area contributed by atoms with E-state index in [1.807, 2.05) is 0 Å². The Morgan fingerprint density at radius 3 is 2.18 bits per heavy atom. The summed E-state index contributed by atoms with van der Waals surface area (Å²) in [5.74, 6) is 2.50. The van der Waals surface area contributed by atoms with Gasteiger partial charge in [-0.1, -0.05) is 48.5 Å². The molecule has 0 spiro atoms. The zero-order valence-corrected chi connectivity index (χ0v) is 22.3. The van der Waals surface area contributed by atoms with E-state index < -0.39 is 0 Å². The lowest BCUT2D eigenvalue weighted by molar-refractivity contribution is -0.252. The normalized spacial score (nSPS) is 58.4. The number of esters is 1. The lowest BCUT2D eigenvalue weighted by Gasteiger charge is -2.73. The summed E-state index contributed by atoms with van der Waals surface area (Å²) in [6, 6.07) is 0. The molecule has 6 fully saturated rings. The van der Waals surface area contributed by atoms with Crippen LogP contribution in [-0.4, -0.2) is 23.3 Å². The van der Waals surface area contributed by atoms with E-state index in [-0.39, 0.29) is 39.8 Å². The Morgan fingerprint density at radius 2 is 1.45 bits per heavy atom. The van der Waals surface area contributed by atoms with E-state index >= 15 is 0 Å². The summed E-state index contributed by atoms with van der Waals surface area (Å²) in [7, 11) is 0. The van der Waals surface area contributed by atoms with Gasteiger partial charge in [0, 0.05) is 11.3 Å². The van der Waals surface area contributed by atoms with Gasteiger partial charge in [0.05, 0.1) is 11.5 Å². The van der Waals surface area contributed by atoms with E-state index in [1.165, 1.54) is 38.5 Å². The third kappa shape index (κ3) is 2.45. The van der Waals surface area contributed by atoms with Crippen LogP contribution in [0.4, 0.5) is 0 Å². The first-order valence-electron chi connectivity index (χ1n) is 14.1. The number of ether oxygens (including phenoxy) is 1. The Kier molecular flexibility index (Phi) is 4.44. The molecule has 0 unspecified atom stereocenters. The summed E-state index contributed by atoms with van der Waals surface area (Å²) in [6.45, 7) is 17.3. The molecule has 6 rings (SSSR count). The van der Waals surface area contributed by atoms with Gasteiger partial charge in [-0.2, -0.15) is 0 Å². The molecule has 1 aliphatic heterocycles. The highest BCUT2D eigenvalue weighted by atomic mass is 16.6. The summed E-state index contributed by atoms with van der Waals surface area (Å²) in [5.41, 5.74) is 0.823. The third-order valence-electron chi connectivity index (χ3n) is 14.0. The molecule has 2 bridgehead atoms. The van der Waals surface area contributed by atoms with Gasteiger partial charge in [-0.25, -0.2) is 0 Å². The van der Waals surface area contributed by atoms with Crippen LogP contribution in [0.5, 0.6) is 0 Å². The SMILES string of the molecule is CC1(C)CC[C@]23CC[C@]4(C)[C@H](CC[C@@H]5[C@@]6(C)CC[C@@H](O)C(C)(C)[C@H]6CC[C@]54C)[C@@H]2[C@@H]1OC3=O. The second kappa shape index (κ2) is 6.40. The van der Waals surface area contributed by atoms with Crippen LogP contribution in [0.25, 0.3) is 0 Å². The number of carbonyl (C=O) groups excluding carboxylic acids is 1. The van der Waals surface area contributed by atoms with Crippen molar-refractivity contribution in [1.82, 2.24) is 0 Å². The Balaban J connectivity index is 1.41. The molecule has 1 heterocycles. The number of hydrogen-bond donors (Lipinski definition) is 1. The standard InChI is InChI=1S/C30H48O3/c1-25(2)14-16-30-17-15-28(6)18(22(30)23(25)33-24(30)32)8-9-20-27(5)12-11-21(31)26(3,4)19(27)10-13-29(20,28)7/h18-23,31H,8-17H2,1-7H3/t18-,19-,20-,21-,22-,23+,27+,28-,29-,30+/m1/s1. The van der Waals surface area contributed by atoms with Gasteiger partial charge in [0.25, 0.3) is 0 Å². The average molecular weight is 457 g/mol. The molecular weight excluding hydrogens is 408 g/mol. The van der Waals surface area contributed by atoms with Gasteiger partial charge in [-0.05, 0) is 104 Å². The monoisotopic (exact) mass is 456 g/mol. The first-order valence-corrected chi connectivity index (χ1v) is 14.1. The molecule has 33 heavy (non-hydrogen) atoms. The minimum absolute atomic E-state index is 0.00939. The molecule has 186 valence electrons. The van der Waals surface area contributed by atoms with E-state index in [2.05, 4.69) is 48.5 Å². The molecule has 6 aliphatic rings. The molecule has 3 nitrogen and oxygen atoms in total. The third-order valence-corrected chi connectivity index (χ3v) is 14.0. The smallest absolute Gasteiger partial charge is 0.312 e. The fourth-order valence-corrected chi connectivity index (χ4v) is 11.8. The lowest BCUT2D eigenvalue weighted by Crippen LogP contribution is -2.67. The van der Waals surface area contributed by atoms with Gasteiger partial charge < -0.3 is 9.84 Å². The molecule has 0 aromatic heterocycles. The minimum Gasteiger partial charge on any atom is -0.461 e. The minimum atomic E-state index is -0.189. The van der Waals surface area contributed by atoms with Crippen molar-refractivity contribution in [3.8, 4) is 0 Å². The summed E-state index contributed by atoms with van der Waals surface area (Å²) < 4.78 is 6.28. The van der Waals surface area contributed by atoms with Gasteiger partial charge in [0.15, 0.2) is 0 Å². The number of aliphatic hydroxyl groups excluding tert-OH is 1. The van der Waals surface area contributed by atoms with Crippen LogP contribution in [0.1, 0.15) is 113 Å². The largest absolute Gasteiger partial charge is 0.461 e. The molecule has 1 N–H and O–H groups in total. The first kappa shape index (κ1) is 22.9. The zero-order valence-electron chi connectivity index (χ0n) is 22.3. The summed E-state index contributed by atoms with van der Waals surface area (Å²) in [4.78, 5) is 13.3. The fraction of sp³-hybridized carbons (Fsp3) is 0.967. The van der Waals surface area contributed by atoms with E-state index in [9.17, 15) is 9.90 Å². The van der Waals surface area contributed by atoms with Crippen LogP contribution in [-0.2, 0) is 9.53 Å². The van der Waals surface area contributed by atoms with Crippen molar-refractivity contribution in [2.45, 2.75) is 125 Å². The maximum absolute atomic E-state index is 13.3. The van der Waals surface area contributed by atoms with Crippen molar-refractivity contribution in [2.24, 2.45) is 56.2 Å². The Morgan fingerprint density at radius 1 is 0.758 bits per heavy atom. The molecule has 0 amide bonds. The second-order valence-electron chi connectivity index (χ2n) is 15.5. The molecular formula is C30H48O3. The number of carbonyl (C=O) groups is 1. The van der Waals surface area contributed by atoms with Gasteiger partial charge in [-0.15, -0.1) is 0 Å². The molecule has 0 aromatic rings. The molecule has 5 saturated carbocycles. The molecule has 10 atom stereocenters. The maximum atomic E-state index is 13.3.